The molecule has 1 amide bonds. The number of benzene rings is 2. The van der Waals surface area contributed by atoms with Gasteiger partial charge in [0.2, 0.25) is 21.7 Å². The van der Waals surface area contributed by atoms with Gasteiger partial charge in [-0.15, -0.1) is 0 Å². The SMILES string of the molecule is CN(Cc1nc(-c2ccccc2Cl)no1)C(=O)c1ccc(S(=O)(=O)N2CCCC2)cc1. The van der Waals surface area contributed by atoms with Gasteiger partial charge in [0, 0.05) is 31.3 Å². The third kappa shape index (κ3) is 4.48. The lowest BCUT2D eigenvalue weighted by atomic mass is 10.2. The molecule has 0 bridgehead atoms. The third-order valence-corrected chi connectivity index (χ3v) is 7.35. The number of hydrogen-bond donors (Lipinski definition) is 0. The van der Waals surface area contributed by atoms with E-state index in [1.165, 1.54) is 33.5 Å². The largest absolute Gasteiger partial charge is 0.337 e. The highest BCUT2D eigenvalue weighted by Gasteiger charge is 2.27. The molecule has 0 aliphatic carbocycles. The van der Waals surface area contributed by atoms with Crippen molar-refractivity contribution < 1.29 is 17.7 Å². The average molecular weight is 461 g/mol. The Bertz CT molecular complexity index is 1190. The number of halogens is 1. The lowest BCUT2D eigenvalue weighted by Gasteiger charge is -2.17. The summed E-state index contributed by atoms with van der Waals surface area (Å²) in [6.07, 6.45) is 1.74. The maximum atomic E-state index is 12.8. The molecule has 0 atom stereocenters. The average Bonchev–Trinajstić information content (AvgIpc) is 3.46. The van der Waals surface area contributed by atoms with Crippen molar-refractivity contribution in [2.24, 2.45) is 0 Å². The van der Waals surface area contributed by atoms with Crippen molar-refractivity contribution in [2.45, 2.75) is 24.3 Å². The van der Waals surface area contributed by atoms with E-state index in [0.29, 0.717) is 35.1 Å². The van der Waals surface area contributed by atoms with Crippen molar-refractivity contribution in [2.75, 3.05) is 20.1 Å². The van der Waals surface area contributed by atoms with Crippen LogP contribution < -0.4 is 0 Å². The molecular weight excluding hydrogens is 440 g/mol. The number of amides is 1. The van der Waals surface area contributed by atoms with Crippen LogP contribution in [0.3, 0.4) is 0 Å². The number of aromatic nitrogens is 2. The van der Waals surface area contributed by atoms with E-state index in [1.54, 1.807) is 25.2 Å². The van der Waals surface area contributed by atoms with Gasteiger partial charge in [0.15, 0.2) is 0 Å². The second-order valence-corrected chi connectivity index (χ2v) is 9.63. The lowest BCUT2D eigenvalue weighted by Crippen LogP contribution is -2.28. The van der Waals surface area contributed by atoms with Crippen LogP contribution in [0, 0.1) is 0 Å². The van der Waals surface area contributed by atoms with E-state index in [0.717, 1.165) is 12.8 Å². The number of sulfonamides is 1. The zero-order chi connectivity index (χ0) is 22.0. The Kier molecular flexibility index (Phi) is 6.08. The summed E-state index contributed by atoms with van der Waals surface area (Å²) in [5, 5.41) is 4.43. The fourth-order valence-electron chi connectivity index (χ4n) is 3.41. The molecule has 162 valence electrons. The standard InChI is InChI=1S/C21H21ClN4O4S/c1-25(14-19-23-20(24-30-19)17-6-2-3-7-18(17)22)21(27)15-8-10-16(11-9-15)31(28,29)26-12-4-5-13-26/h2-3,6-11H,4-5,12-14H2,1H3. The number of carbonyl (C=O) groups excluding carboxylic acids is 1. The maximum absolute atomic E-state index is 12.8. The molecule has 10 heteroatoms. The van der Waals surface area contributed by atoms with Crippen LogP contribution in [0.4, 0.5) is 0 Å². The van der Waals surface area contributed by atoms with E-state index < -0.39 is 10.0 Å². The lowest BCUT2D eigenvalue weighted by molar-refractivity contribution is 0.0769. The number of carbonyl (C=O) groups is 1. The Labute approximate surface area is 185 Å². The molecule has 0 spiro atoms. The van der Waals surface area contributed by atoms with Crippen molar-refractivity contribution >= 4 is 27.5 Å². The molecule has 1 aromatic heterocycles. The fraction of sp³-hybridized carbons (Fsp3) is 0.286. The Balaban J connectivity index is 1.44. The predicted octanol–water partition coefficient (Wildman–Crippen LogP) is 3.45. The smallest absolute Gasteiger partial charge is 0.254 e. The molecule has 1 fully saturated rings. The first-order valence-electron chi connectivity index (χ1n) is 9.79. The predicted molar refractivity (Wildman–Crippen MR) is 115 cm³/mol. The summed E-state index contributed by atoms with van der Waals surface area (Å²) in [6, 6.07) is 13.1. The van der Waals surface area contributed by atoms with Crippen molar-refractivity contribution in [1.82, 2.24) is 19.3 Å². The highest BCUT2D eigenvalue weighted by atomic mass is 35.5. The van der Waals surface area contributed by atoms with Gasteiger partial charge < -0.3 is 9.42 Å². The molecule has 0 N–H and O–H groups in total. The van der Waals surface area contributed by atoms with Crippen LogP contribution in [0.15, 0.2) is 57.9 Å². The van der Waals surface area contributed by atoms with Gasteiger partial charge in [-0.2, -0.15) is 9.29 Å². The first kappa shape index (κ1) is 21.5. The van der Waals surface area contributed by atoms with Crippen LogP contribution in [-0.2, 0) is 16.6 Å². The molecule has 2 aromatic carbocycles. The topological polar surface area (TPSA) is 96.6 Å². The van der Waals surface area contributed by atoms with Crippen LogP contribution in [0.25, 0.3) is 11.4 Å². The minimum Gasteiger partial charge on any atom is -0.337 e. The summed E-state index contributed by atoms with van der Waals surface area (Å²) >= 11 is 6.16. The van der Waals surface area contributed by atoms with Crippen LogP contribution in [0.5, 0.6) is 0 Å². The highest BCUT2D eigenvalue weighted by molar-refractivity contribution is 7.89. The van der Waals surface area contributed by atoms with E-state index in [4.69, 9.17) is 16.1 Å². The van der Waals surface area contributed by atoms with E-state index in [1.807, 2.05) is 6.07 Å². The molecule has 1 saturated heterocycles. The van der Waals surface area contributed by atoms with Gasteiger partial charge in [0.1, 0.15) is 0 Å². The van der Waals surface area contributed by atoms with Gasteiger partial charge in [-0.05, 0) is 49.2 Å². The molecular formula is C21H21ClN4O4S. The van der Waals surface area contributed by atoms with Gasteiger partial charge in [-0.25, -0.2) is 8.42 Å². The Morgan fingerprint density at radius 3 is 2.48 bits per heavy atom. The van der Waals surface area contributed by atoms with Crippen molar-refractivity contribution in [1.29, 1.82) is 0 Å². The molecule has 0 saturated carbocycles. The summed E-state index contributed by atoms with van der Waals surface area (Å²) in [4.78, 5) is 18.7. The van der Waals surface area contributed by atoms with Crippen molar-refractivity contribution in [3.05, 3.63) is 65.0 Å². The van der Waals surface area contributed by atoms with Crippen LogP contribution in [0.1, 0.15) is 29.1 Å². The minimum atomic E-state index is -3.51. The highest BCUT2D eigenvalue weighted by Crippen LogP contribution is 2.25. The zero-order valence-electron chi connectivity index (χ0n) is 16.9. The molecule has 2 heterocycles. The second-order valence-electron chi connectivity index (χ2n) is 7.29. The molecule has 8 nitrogen and oxygen atoms in total. The first-order chi connectivity index (χ1) is 14.9. The maximum Gasteiger partial charge on any atom is 0.254 e. The summed E-state index contributed by atoms with van der Waals surface area (Å²) < 4.78 is 32.0. The number of nitrogens with zero attached hydrogens (tertiary/aromatic N) is 4. The Hall–Kier alpha value is -2.75. The van der Waals surface area contributed by atoms with E-state index >= 15 is 0 Å². The van der Waals surface area contributed by atoms with Gasteiger partial charge in [0.25, 0.3) is 5.91 Å². The monoisotopic (exact) mass is 460 g/mol. The van der Waals surface area contributed by atoms with Crippen LogP contribution in [0.2, 0.25) is 5.02 Å². The van der Waals surface area contributed by atoms with Crippen LogP contribution >= 0.6 is 11.6 Å². The Morgan fingerprint density at radius 2 is 1.81 bits per heavy atom. The van der Waals surface area contributed by atoms with Gasteiger partial charge >= 0.3 is 0 Å². The molecule has 1 aliphatic heterocycles. The van der Waals surface area contributed by atoms with Crippen molar-refractivity contribution in [3.8, 4) is 11.4 Å². The van der Waals surface area contributed by atoms with E-state index in [9.17, 15) is 13.2 Å². The summed E-state index contributed by atoms with van der Waals surface area (Å²) in [5.74, 6) is 0.319. The molecule has 4 rings (SSSR count). The van der Waals surface area contributed by atoms with Gasteiger partial charge in [-0.3, -0.25) is 4.79 Å². The fourth-order valence-corrected chi connectivity index (χ4v) is 5.15. The molecule has 0 unspecified atom stereocenters. The van der Waals surface area contributed by atoms with Crippen LogP contribution in [-0.4, -0.2) is 53.8 Å². The van der Waals surface area contributed by atoms with Gasteiger partial charge in [-0.1, -0.05) is 28.9 Å². The van der Waals surface area contributed by atoms with Crippen molar-refractivity contribution in [3.63, 3.8) is 0 Å². The molecule has 1 aliphatic rings. The molecule has 3 aromatic rings. The number of rotatable bonds is 6. The molecule has 0 radical (unpaired) electrons. The van der Waals surface area contributed by atoms with E-state index in [2.05, 4.69) is 10.1 Å². The summed E-state index contributed by atoms with van der Waals surface area (Å²) in [5.41, 5.74) is 1.01. The quantitative estimate of drug-likeness (QED) is 0.559. The van der Waals surface area contributed by atoms with E-state index in [-0.39, 0.29) is 23.2 Å². The zero-order valence-corrected chi connectivity index (χ0v) is 18.4. The first-order valence-corrected chi connectivity index (χ1v) is 11.6. The second kappa shape index (κ2) is 8.78. The minimum absolute atomic E-state index is 0.101. The summed E-state index contributed by atoms with van der Waals surface area (Å²) in [7, 11) is -1.91. The summed E-state index contributed by atoms with van der Waals surface area (Å²) in [6.45, 7) is 1.17. The third-order valence-electron chi connectivity index (χ3n) is 5.11. The Morgan fingerprint density at radius 1 is 1.13 bits per heavy atom. The van der Waals surface area contributed by atoms with Gasteiger partial charge in [0.05, 0.1) is 16.5 Å². The molecule has 31 heavy (non-hydrogen) atoms. The number of hydrogen-bond acceptors (Lipinski definition) is 6. The normalized spacial score (nSPS) is 14.6.